The van der Waals surface area contributed by atoms with E-state index in [1.165, 1.54) is 16.9 Å². The summed E-state index contributed by atoms with van der Waals surface area (Å²) >= 11 is 0. The van der Waals surface area contributed by atoms with E-state index in [2.05, 4.69) is 84.1 Å². The second kappa shape index (κ2) is 11.3. The number of nitrogens with zero attached hydrogens (tertiary/aromatic N) is 3. The number of nitrogens with one attached hydrogen (secondary N) is 1. The van der Waals surface area contributed by atoms with Crippen molar-refractivity contribution in [2.45, 2.75) is 40.7 Å². The third kappa shape index (κ3) is 5.73. The molecule has 2 aliphatic rings. The summed E-state index contributed by atoms with van der Waals surface area (Å²) in [4.78, 5) is 20.0. The number of allylic oxidation sites excluding steroid dienone is 4. The van der Waals surface area contributed by atoms with E-state index in [1.807, 2.05) is 37.1 Å². The number of hydrogen-bond acceptors (Lipinski definition) is 4. The molecular formula is C31H38N4O. The summed E-state index contributed by atoms with van der Waals surface area (Å²) in [6, 6.07) is 17.4. The van der Waals surface area contributed by atoms with Gasteiger partial charge in [0, 0.05) is 56.0 Å². The fraction of sp³-hybridized carbons (Fsp3) is 0.323. The van der Waals surface area contributed by atoms with Gasteiger partial charge in [-0.1, -0.05) is 49.4 Å². The smallest absolute Gasteiger partial charge is 0.268 e. The molecule has 36 heavy (non-hydrogen) atoms. The average molecular weight is 483 g/mol. The van der Waals surface area contributed by atoms with Gasteiger partial charge < -0.3 is 20.0 Å². The van der Waals surface area contributed by atoms with Gasteiger partial charge in [-0.25, -0.2) is 0 Å². The minimum atomic E-state index is -0.0776. The van der Waals surface area contributed by atoms with Crippen molar-refractivity contribution in [2.75, 3.05) is 36.0 Å². The highest BCUT2D eigenvalue weighted by molar-refractivity contribution is 5.94. The molecule has 2 heterocycles. The van der Waals surface area contributed by atoms with Crippen molar-refractivity contribution in [2.24, 2.45) is 0 Å². The number of amides is 1. The maximum atomic E-state index is 13.2. The van der Waals surface area contributed by atoms with Crippen LogP contribution in [0.25, 0.3) is 0 Å². The van der Waals surface area contributed by atoms with Crippen LogP contribution in [-0.2, 0) is 11.3 Å². The standard InChI is InChI=1S/C31H38N4O/c1-6-24(3)30(35-17-7-8-25(4)26(35)5)31(36)32-22-27-11-15-29(16-12-27)34-20-18-33(19-21-34)28-13-9-23(2)10-14-28/h7-17H,5-6,18-22H2,1-4H3,(H,32,36)/b30-24+. The topological polar surface area (TPSA) is 38.8 Å². The molecule has 0 aromatic heterocycles. The molecule has 0 spiro atoms. The number of benzene rings is 2. The molecule has 5 nitrogen and oxygen atoms in total. The average Bonchev–Trinajstić information content (AvgIpc) is 2.91. The van der Waals surface area contributed by atoms with Crippen molar-refractivity contribution in [3.8, 4) is 0 Å². The van der Waals surface area contributed by atoms with Gasteiger partial charge in [0.2, 0.25) is 0 Å². The summed E-state index contributed by atoms with van der Waals surface area (Å²) in [6.45, 7) is 16.9. The predicted octanol–water partition coefficient (Wildman–Crippen LogP) is 5.91. The van der Waals surface area contributed by atoms with Gasteiger partial charge in [0.1, 0.15) is 5.70 Å². The molecule has 0 saturated carbocycles. The number of piperazine rings is 1. The van der Waals surface area contributed by atoms with Gasteiger partial charge in [-0.3, -0.25) is 4.79 Å². The van der Waals surface area contributed by atoms with Gasteiger partial charge in [-0.2, -0.15) is 0 Å². The van der Waals surface area contributed by atoms with Crippen LogP contribution in [0.3, 0.4) is 0 Å². The van der Waals surface area contributed by atoms with E-state index >= 15 is 0 Å². The Balaban J connectivity index is 1.34. The molecule has 2 aromatic carbocycles. The Morgan fingerprint density at radius 1 is 0.917 bits per heavy atom. The minimum absolute atomic E-state index is 0.0776. The van der Waals surface area contributed by atoms with Crippen molar-refractivity contribution < 1.29 is 4.79 Å². The normalized spacial score (nSPS) is 16.6. The van der Waals surface area contributed by atoms with E-state index < -0.39 is 0 Å². The molecule has 188 valence electrons. The lowest BCUT2D eigenvalue weighted by atomic mass is 10.1. The van der Waals surface area contributed by atoms with Crippen LogP contribution in [0.5, 0.6) is 0 Å². The fourth-order valence-electron chi connectivity index (χ4n) is 4.60. The molecular weight excluding hydrogens is 444 g/mol. The number of hydrogen-bond donors (Lipinski definition) is 1. The molecule has 2 aromatic rings. The van der Waals surface area contributed by atoms with Crippen molar-refractivity contribution in [3.63, 3.8) is 0 Å². The van der Waals surface area contributed by atoms with E-state index in [4.69, 9.17) is 0 Å². The molecule has 4 rings (SSSR count). The van der Waals surface area contributed by atoms with Crippen molar-refractivity contribution >= 4 is 17.3 Å². The molecule has 1 fully saturated rings. The monoisotopic (exact) mass is 482 g/mol. The van der Waals surface area contributed by atoms with Crippen molar-refractivity contribution in [1.82, 2.24) is 10.2 Å². The second-order valence-electron chi connectivity index (χ2n) is 9.65. The van der Waals surface area contributed by atoms with Crippen molar-refractivity contribution in [3.05, 3.63) is 107 Å². The maximum absolute atomic E-state index is 13.2. The summed E-state index contributed by atoms with van der Waals surface area (Å²) in [5, 5.41) is 3.12. The largest absolute Gasteiger partial charge is 0.368 e. The van der Waals surface area contributed by atoms with Crippen LogP contribution in [0.15, 0.2) is 96.0 Å². The van der Waals surface area contributed by atoms with Crippen LogP contribution < -0.4 is 15.1 Å². The number of carbonyl (C=O) groups excluding carboxylic acids is 1. The lowest BCUT2D eigenvalue weighted by Gasteiger charge is -2.37. The van der Waals surface area contributed by atoms with Gasteiger partial charge in [-0.15, -0.1) is 0 Å². The molecule has 0 radical (unpaired) electrons. The van der Waals surface area contributed by atoms with Crippen LogP contribution in [0.2, 0.25) is 0 Å². The van der Waals surface area contributed by atoms with Gasteiger partial charge in [-0.05, 0) is 74.2 Å². The summed E-state index contributed by atoms with van der Waals surface area (Å²) in [7, 11) is 0. The van der Waals surface area contributed by atoms with Gasteiger partial charge in [0.25, 0.3) is 5.91 Å². The lowest BCUT2D eigenvalue weighted by Crippen LogP contribution is -2.46. The van der Waals surface area contributed by atoms with Gasteiger partial charge >= 0.3 is 0 Å². The molecule has 1 saturated heterocycles. The van der Waals surface area contributed by atoms with Crippen LogP contribution in [0.1, 0.15) is 38.3 Å². The van der Waals surface area contributed by atoms with E-state index in [1.54, 1.807) is 0 Å². The first-order valence-electron chi connectivity index (χ1n) is 12.8. The highest BCUT2D eigenvalue weighted by Crippen LogP contribution is 2.26. The van der Waals surface area contributed by atoms with Crippen LogP contribution >= 0.6 is 0 Å². The Hall–Kier alpha value is -3.73. The Morgan fingerprint density at radius 3 is 2.03 bits per heavy atom. The maximum Gasteiger partial charge on any atom is 0.268 e. The lowest BCUT2D eigenvalue weighted by molar-refractivity contribution is -0.118. The summed E-state index contributed by atoms with van der Waals surface area (Å²) < 4.78 is 0. The Bertz CT molecular complexity index is 1180. The molecule has 0 unspecified atom stereocenters. The molecule has 5 heteroatoms. The van der Waals surface area contributed by atoms with Gasteiger partial charge in [0.15, 0.2) is 0 Å². The first-order valence-corrected chi connectivity index (χ1v) is 12.8. The van der Waals surface area contributed by atoms with Crippen LogP contribution in [0, 0.1) is 6.92 Å². The zero-order chi connectivity index (χ0) is 25.7. The fourth-order valence-corrected chi connectivity index (χ4v) is 4.60. The molecule has 1 amide bonds. The van der Waals surface area contributed by atoms with Crippen molar-refractivity contribution in [1.29, 1.82) is 0 Å². The number of anilines is 2. The summed E-state index contributed by atoms with van der Waals surface area (Å²) in [5.74, 6) is -0.0776. The molecule has 2 aliphatic heterocycles. The van der Waals surface area contributed by atoms with E-state index in [-0.39, 0.29) is 5.91 Å². The highest BCUT2D eigenvalue weighted by Gasteiger charge is 2.22. The molecule has 1 N–H and O–H groups in total. The third-order valence-electron chi connectivity index (χ3n) is 7.15. The van der Waals surface area contributed by atoms with E-state index in [0.29, 0.717) is 12.2 Å². The van der Waals surface area contributed by atoms with E-state index in [0.717, 1.165) is 55.0 Å². The van der Waals surface area contributed by atoms with E-state index in [9.17, 15) is 4.79 Å². The zero-order valence-corrected chi connectivity index (χ0v) is 22.1. The molecule has 0 atom stereocenters. The number of aryl methyl sites for hydroxylation is 1. The summed E-state index contributed by atoms with van der Waals surface area (Å²) in [5.41, 5.74) is 8.50. The quantitative estimate of drug-likeness (QED) is 0.498. The summed E-state index contributed by atoms with van der Waals surface area (Å²) in [6.07, 6.45) is 6.69. The van der Waals surface area contributed by atoms with Crippen LogP contribution in [0.4, 0.5) is 11.4 Å². The zero-order valence-electron chi connectivity index (χ0n) is 22.1. The van der Waals surface area contributed by atoms with Gasteiger partial charge in [0.05, 0.1) is 0 Å². The first-order chi connectivity index (χ1) is 17.4. The Kier molecular flexibility index (Phi) is 7.99. The second-order valence-corrected chi connectivity index (χ2v) is 9.65. The highest BCUT2D eigenvalue weighted by atomic mass is 16.2. The Morgan fingerprint density at radius 2 is 1.47 bits per heavy atom. The SMILES string of the molecule is C=C1C(C)=CC=CN1/C(C(=O)NCc1ccc(N2CCN(c3ccc(C)cc3)CC2)cc1)=C(\C)CC. The predicted molar refractivity (Wildman–Crippen MR) is 151 cm³/mol. The minimum Gasteiger partial charge on any atom is -0.368 e. The third-order valence-corrected chi connectivity index (χ3v) is 7.15. The number of rotatable bonds is 7. The number of carbonyl (C=O) groups is 1. The first kappa shape index (κ1) is 25.4. The molecule has 0 aliphatic carbocycles. The van der Waals surface area contributed by atoms with Crippen LogP contribution in [-0.4, -0.2) is 37.0 Å². The Labute approximate surface area is 216 Å². The molecule has 0 bridgehead atoms.